The lowest BCUT2D eigenvalue weighted by Crippen LogP contribution is -2.44. The van der Waals surface area contributed by atoms with Gasteiger partial charge in [0.15, 0.2) is 12.4 Å². The first-order valence-corrected chi connectivity index (χ1v) is 8.27. The Balaban J connectivity index is 1.58. The lowest BCUT2D eigenvalue weighted by atomic mass is 10.1. The molecule has 0 fully saturated rings. The number of aromatic nitrogens is 3. The van der Waals surface area contributed by atoms with Gasteiger partial charge in [-0.25, -0.2) is 9.97 Å². The molecule has 2 aromatic heterocycles. The zero-order chi connectivity index (χ0) is 19.2. The van der Waals surface area contributed by atoms with E-state index in [1.165, 1.54) is 6.33 Å². The summed E-state index contributed by atoms with van der Waals surface area (Å²) in [6, 6.07) is 8.99. The van der Waals surface area contributed by atoms with E-state index >= 15 is 0 Å². The third-order valence-corrected chi connectivity index (χ3v) is 3.80. The molecule has 0 aliphatic carbocycles. The van der Waals surface area contributed by atoms with Crippen LogP contribution in [0.15, 0.2) is 55.2 Å². The number of ether oxygens (including phenoxy) is 1. The van der Waals surface area contributed by atoms with Crippen molar-refractivity contribution in [3.63, 3.8) is 0 Å². The normalized spacial score (nSPS) is 10.3. The molecule has 0 unspecified atom stereocenters. The van der Waals surface area contributed by atoms with Gasteiger partial charge < -0.3 is 4.74 Å². The molecule has 138 valence electrons. The van der Waals surface area contributed by atoms with Gasteiger partial charge >= 0.3 is 0 Å². The average Bonchev–Trinajstić information content (AvgIpc) is 3.21. The number of pyridine rings is 1. The summed E-state index contributed by atoms with van der Waals surface area (Å²) in [5.41, 5.74) is 6.97. The molecule has 0 aliphatic heterocycles. The van der Waals surface area contributed by atoms with E-state index in [1.807, 2.05) is 32.0 Å². The Labute approximate surface area is 156 Å². The van der Waals surface area contributed by atoms with Crippen LogP contribution in [0.4, 0.5) is 0 Å². The fourth-order valence-electron chi connectivity index (χ4n) is 2.40. The third kappa shape index (κ3) is 4.49. The molecule has 0 saturated heterocycles. The van der Waals surface area contributed by atoms with Crippen LogP contribution in [0.5, 0.6) is 5.75 Å². The summed E-state index contributed by atoms with van der Waals surface area (Å²) in [5.74, 6) is 0.0729. The number of hydrogen-bond donors (Lipinski definition) is 2. The monoisotopic (exact) mass is 365 g/mol. The smallest absolute Gasteiger partial charge is 0.276 e. The molecular weight excluding hydrogens is 346 g/mol. The maximum absolute atomic E-state index is 12.4. The van der Waals surface area contributed by atoms with Gasteiger partial charge in [0.05, 0.1) is 5.56 Å². The molecule has 2 heterocycles. The molecule has 0 radical (unpaired) electrons. The zero-order valence-electron chi connectivity index (χ0n) is 15.0. The Hall–Kier alpha value is -3.68. The number of carbonyl (C=O) groups excluding carboxylic acids is 2. The van der Waals surface area contributed by atoms with E-state index in [1.54, 1.807) is 35.3 Å². The summed E-state index contributed by atoms with van der Waals surface area (Å²) < 4.78 is 7.12. The summed E-state index contributed by atoms with van der Waals surface area (Å²) in [7, 11) is 0. The number of rotatable bonds is 5. The minimum atomic E-state index is -0.494. The summed E-state index contributed by atoms with van der Waals surface area (Å²) in [5, 5.41) is 0. The number of nitrogens with one attached hydrogen (secondary N) is 2. The van der Waals surface area contributed by atoms with Crippen LogP contribution in [0.25, 0.3) is 5.82 Å². The molecule has 27 heavy (non-hydrogen) atoms. The maximum Gasteiger partial charge on any atom is 0.276 e. The minimum absolute atomic E-state index is 0.216. The summed E-state index contributed by atoms with van der Waals surface area (Å²) in [6.07, 6.45) is 6.37. The van der Waals surface area contributed by atoms with E-state index in [9.17, 15) is 9.59 Å². The van der Waals surface area contributed by atoms with Gasteiger partial charge in [-0.3, -0.25) is 25.0 Å². The number of imidazole rings is 1. The fourth-order valence-corrected chi connectivity index (χ4v) is 2.40. The molecule has 1 aromatic carbocycles. The topological polar surface area (TPSA) is 98.1 Å². The molecule has 0 spiro atoms. The Kier molecular flexibility index (Phi) is 5.46. The van der Waals surface area contributed by atoms with Crippen LogP contribution in [-0.4, -0.2) is 33.0 Å². The highest BCUT2D eigenvalue weighted by Gasteiger charge is 2.14. The van der Waals surface area contributed by atoms with Crippen molar-refractivity contribution in [2.45, 2.75) is 13.8 Å². The number of hydrogen-bond acceptors (Lipinski definition) is 5. The molecular formula is C19H19N5O3. The van der Waals surface area contributed by atoms with Crippen molar-refractivity contribution in [1.82, 2.24) is 25.4 Å². The predicted molar refractivity (Wildman–Crippen MR) is 98.4 cm³/mol. The van der Waals surface area contributed by atoms with Crippen molar-refractivity contribution in [3.8, 4) is 11.6 Å². The first-order valence-electron chi connectivity index (χ1n) is 8.27. The van der Waals surface area contributed by atoms with Crippen LogP contribution in [0.3, 0.4) is 0 Å². The quantitative estimate of drug-likeness (QED) is 0.671. The van der Waals surface area contributed by atoms with Crippen LogP contribution in [0.1, 0.15) is 21.5 Å². The SMILES string of the molecule is Cc1ccc(C)c(OCC(=O)NNC(=O)c2cccnc2-n2ccnc2)c1. The van der Waals surface area contributed by atoms with Gasteiger partial charge in [-0.1, -0.05) is 12.1 Å². The number of nitrogens with zero attached hydrogens (tertiary/aromatic N) is 3. The highest BCUT2D eigenvalue weighted by Crippen LogP contribution is 2.18. The molecule has 0 saturated carbocycles. The molecule has 3 aromatic rings. The van der Waals surface area contributed by atoms with E-state index in [0.29, 0.717) is 17.1 Å². The standard InChI is InChI=1S/C19H19N5O3/c1-13-5-6-14(2)16(10-13)27-11-17(25)22-23-19(26)15-4-3-7-21-18(15)24-9-8-20-12-24/h3-10,12H,11H2,1-2H3,(H,22,25)(H,23,26). The number of hydrazine groups is 1. The van der Waals surface area contributed by atoms with E-state index in [2.05, 4.69) is 20.8 Å². The van der Waals surface area contributed by atoms with Gasteiger partial charge in [-0.15, -0.1) is 0 Å². The number of benzene rings is 1. The lowest BCUT2D eigenvalue weighted by Gasteiger charge is -2.12. The van der Waals surface area contributed by atoms with Crippen LogP contribution in [0.2, 0.25) is 0 Å². The van der Waals surface area contributed by atoms with E-state index < -0.39 is 11.8 Å². The van der Waals surface area contributed by atoms with Crippen LogP contribution < -0.4 is 15.6 Å². The molecule has 0 bridgehead atoms. The summed E-state index contributed by atoms with van der Waals surface area (Å²) in [6.45, 7) is 3.62. The fraction of sp³-hybridized carbons (Fsp3) is 0.158. The van der Waals surface area contributed by atoms with Gasteiger partial charge in [-0.05, 0) is 43.2 Å². The van der Waals surface area contributed by atoms with Crippen LogP contribution >= 0.6 is 0 Å². The van der Waals surface area contributed by atoms with Gasteiger partial charge in [-0.2, -0.15) is 0 Å². The Morgan fingerprint density at radius 2 is 2.00 bits per heavy atom. The van der Waals surface area contributed by atoms with Crippen LogP contribution in [0, 0.1) is 13.8 Å². The predicted octanol–water partition coefficient (Wildman–Crippen LogP) is 1.72. The molecule has 0 atom stereocenters. The molecule has 3 rings (SSSR count). The van der Waals surface area contributed by atoms with Crippen molar-refractivity contribution in [2.24, 2.45) is 0 Å². The van der Waals surface area contributed by atoms with Crippen molar-refractivity contribution < 1.29 is 14.3 Å². The second-order valence-corrected chi connectivity index (χ2v) is 5.90. The molecule has 2 amide bonds. The van der Waals surface area contributed by atoms with E-state index in [-0.39, 0.29) is 6.61 Å². The van der Waals surface area contributed by atoms with E-state index in [0.717, 1.165) is 11.1 Å². The zero-order valence-corrected chi connectivity index (χ0v) is 15.0. The largest absolute Gasteiger partial charge is 0.483 e. The van der Waals surface area contributed by atoms with Crippen LogP contribution in [-0.2, 0) is 4.79 Å². The Morgan fingerprint density at radius 1 is 1.15 bits per heavy atom. The van der Waals surface area contributed by atoms with Gasteiger partial charge in [0.25, 0.3) is 11.8 Å². The van der Waals surface area contributed by atoms with Gasteiger partial charge in [0.1, 0.15) is 12.1 Å². The molecule has 2 N–H and O–H groups in total. The molecule has 0 aliphatic rings. The van der Waals surface area contributed by atoms with Crippen molar-refractivity contribution in [1.29, 1.82) is 0 Å². The highest BCUT2D eigenvalue weighted by atomic mass is 16.5. The highest BCUT2D eigenvalue weighted by molar-refractivity contribution is 5.98. The van der Waals surface area contributed by atoms with Crippen molar-refractivity contribution in [3.05, 3.63) is 71.9 Å². The molecule has 8 heteroatoms. The van der Waals surface area contributed by atoms with Crippen molar-refractivity contribution in [2.75, 3.05) is 6.61 Å². The van der Waals surface area contributed by atoms with Gasteiger partial charge in [0.2, 0.25) is 0 Å². The Bertz CT molecular complexity index is 954. The lowest BCUT2D eigenvalue weighted by molar-refractivity contribution is -0.123. The molecule has 8 nitrogen and oxygen atoms in total. The minimum Gasteiger partial charge on any atom is -0.483 e. The number of aryl methyl sites for hydroxylation is 2. The van der Waals surface area contributed by atoms with Gasteiger partial charge in [0, 0.05) is 18.6 Å². The second-order valence-electron chi connectivity index (χ2n) is 5.90. The maximum atomic E-state index is 12.4. The first kappa shape index (κ1) is 18.1. The second kappa shape index (κ2) is 8.13. The Morgan fingerprint density at radius 3 is 2.78 bits per heavy atom. The van der Waals surface area contributed by atoms with Crippen molar-refractivity contribution >= 4 is 11.8 Å². The third-order valence-electron chi connectivity index (χ3n) is 3.80. The average molecular weight is 365 g/mol. The summed E-state index contributed by atoms with van der Waals surface area (Å²) in [4.78, 5) is 32.5. The number of amides is 2. The van der Waals surface area contributed by atoms with E-state index in [4.69, 9.17) is 4.74 Å². The first-order chi connectivity index (χ1) is 13.0. The summed E-state index contributed by atoms with van der Waals surface area (Å²) >= 11 is 0. The number of carbonyl (C=O) groups is 2.